The minimum Gasteiger partial charge on any atom is -0.353 e. The van der Waals surface area contributed by atoms with Gasteiger partial charge in [0.1, 0.15) is 12.4 Å². The summed E-state index contributed by atoms with van der Waals surface area (Å²) < 4.78 is 4.79. The van der Waals surface area contributed by atoms with E-state index >= 15 is 0 Å². The number of aliphatic imine (C=N–C) groups is 1. The summed E-state index contributed by atoms with van der Waals surface area (Å²) in [5.74, 6) is 0.0162. The van der Waals surface area contributed by atoms with Gasteiger partial charge in [-0.3, -0.25) is 9.79 Å². The summed E-state index contributed by atoms with van der Waals surface area (Å²) >= 11 is 0. The Hall–Kier alpha value is -0.700. The molecule has 0 aliphatic carbocycles. The number of hydrogen-bond acceptors (Lipinski definition) is 3. The molecular formula is C5H7NO2. The first kappa shape index (κ1) is 5.44. The van der Waals surface area contributed by atoms with Crippen LogP contribution in [-0.2, 0) is 9.53 Å². The van der Waals surface area contributed by atoms with Crippen LogP contribution >= 0.6 is 0 Å². The van der Waals surface area contributed by atoms with Crippen molar-refractivity contribution in [3.63, 3.8) is 0 Å². The molecule has 0 fully saturated rings. The molecule has 0 aromatic carbocycles. The number of carbonyl (C=O) groups excluding carboxylic acids is 1. The summed E-state index contributed by atoms with van der Waals surface area (Å²) in [4.78, 5) is 14.2. The molecule has 3 nitrogen and oxygen atoms in total. The van der Waals surface area contributed by atoms with Gasteiger partial charge in [-0.15, -0.1) is 0 Å². The fourth-order valence-corrected chi connectivity index (χ4v) is 0.524. The molecule has 0 aromatic heterocycles. The van der Waals surface area contributed by atoms with Gasteiger partial charge in [0.05, 0.1) is 6.61 Å². The Morgan fingerprint density at radius 3 is 2.88 bits per heavy atom. The van der Waals surface area contributed by atoms with Crippen molar-refractivity contribution in [1.82, 2.24) is 0 Å². The zero-order chi connectivity index (χ0) is 5.98. The molecule has 0 saturated heterocycles. The van der Waals surface area contributed by atoms with Crippen LogP contribution in [0.15, 0.2) is 4.99 Å². The second-order valence-electron chi connectivity index (χ2n) is 1.64. The van der Waals surface area contributed by atoms with E-state index in [0.29, 0.717) is 19.0 Å². The predicted molar refractivity (Wildman–Crippen MR) is 28.9 cm³/mol. The van der Waals surface area contributed by atoms with Crippen molar-refractivity contribution in [3.8, 4) is 0 Å². The lowest BCUT2D eigenvalue weighted by Crippen LogP contribution is -2.10. The molecule has 0 amide bonds. The van der Waals surface area contributed by atoms with Gasteiger partial charge in [0.2, 0.25) is 0 Å². The van der Waals surface area contributed by atoms with Crippen LogP contribution in [0.3, 0.4) is 0 Å². The Labute approximate surface area is 47.4 Å². The van der Waals surface area contributed by atoms with Gasteiger partial charge in [-0.2, -0.15) is 0 Å². The lowest BCUT2D eigenvalue weighted by Gasteiger charge is -1.85. The van der Waals surface area contributed by atoms with E-state index < -0.39 is 0 Å². The molecule has 0 saturated carbocycles. The normalized spacial score (nSPS) is 18.4. The molecule has 1 rings (SSSR count). The summed E-state index contributed by atoms with van der Waals surface area (Å²) in [6.45, 7) is 2.25. The summed E-state index contributed by atoms with van der Waals surface area (Å²) in [6.07, 6.45) is 0. The van der Waals surface area contributed by atoms with Crippen LogP contribution in [0.2, 0.25) is 0 Å². The number of nitrogens with zero attached hydrogens (tertiary/aromatic N) is 1. The van der Waals surface area contributed by atoms with E-state index in [1.54, 1.807) is 0 Å². The highest BCUT2D eigenvalue weighted by Crippen LogP contribution is 1.92. The lowest BCUT2D eigenvalue weighted by atomic mass is 10.3. The van der Waals surface area contributed by atoms with E-state index in [0.717, 1.165) is 0 Å². The predicted octanol–water partition coefficient (Wildman–Crippen LogP) is 0.00410. The highest BCUT2D eigenvalue weighted by molar-refractivity contribution is 6.39. The molecule has 8 heavy (non-hydrogen) atoms. The molecule has 44 valence electrons. The number of ketones is 1. The number of hydrogen-bond donors (Lipinski definition) is 0. The summed E-state index contributed by atoms with van der Waals surface area (Å²) in [7, 11) is 0. The molecule has 0 unspecified atom stereocenters. The first-order valence-corrected chi connectivity index (χ1v) is 2.42. The van der Waals surface area contributed by atoms with Crippen molar-refractivity contribution >= 4 is 11.5 Å². The highest BCUT2D eigenvalue weighted by atomic mass is 16.5. The number of rotatable bonds is 1. The average molecular weight is 113 g/mol. The highest BCUT2D eigenvalue weighted by Gasteiger charge is 2.09. The third kappa shape index (κ3) is 0.924. The Kier molecular flexibility index (Phi) is 1.39. The lowest BCUT2D eigenvalue weighted by molar-refractivity contribution is -0.111. The molecule has 1 heterocycles. The maximum Gasteiger partial charge on any atom is 0.176 e. The third-order valence-electron chi connectivity index (χ3n) is 0.992. The van der Waals surface area contributed by atoms with Crippen LogP contribution in [0, 0.1) is 0 Å². The maximum absolute atomic E-state index is 10.4. The van der Waals surface area contributed by atoms with Crippen molar-refractivity contribution in [2.45, 2.75) is 6.92 Å². The average Bonchev–Trinajstić information content (AvgIpc) is 2.12. The number of Topliss-reactive ketones (excluding diaryl/α,β-unsaturated/α-hetero) is 1. The fraction of sp³-hybridized carbons (Fsp3) is 0.600. The van der Waals surface area contributed by atoms with Crippen LogP contribution in [0.25, 0.3) is 0 Å². The molecule has 0 aromatic rings. The van der Waals surface area contributed by atoms with Crippen molar-refractivity contribution in [3.05, 3.63) is 0 Å². The Bertz CT molecular complexity index is 139. The van der Waals surface area contributed by atoms with E-state index in [2.05, 4.69) is 4.99 Å². The largest absolute Gasteiger partial charge is 0.353 e. The van der Waals surface area contributed by atoms with E-state index in [4.69, 9.17) is 4.74 Å². The van der Waals surface area contributed by atoms with Crippen LogP contribution in [0.5, 0.6) is 0 Å². The Morgan fingerprint density at radius 1 is 1.88 bits per heavy atom. The maximum atomic E-state index is 10.4. The smallest absolute Gasteiger partial charge is 0.176 e. The molecule has 0 radical (unpaired) electrons. The van der Waals surface area contributed by atoms with Gasteiger partial charge in [-0.05, 0) is 0 Å². The quantitative estimate of drug-likeness (QED) is 0.480. The van der Waals surface area contributed by atoms with Crippen LogP contribution < -0.4 is 0 Å². The van der Waals surface area contributed by atoms with Crippen LogP contribution in [0.4, 0.5) is 0 Å². The Morgan fingerprint density at radius 2 is 2.62 bits per heavy atom. The first-order valence-electron chi connectivity index (χ1n) is 2.42. The first-order chi connectivity index (χ1) is 3.80. The second-order valence-corrected chi connectivity index (χ2v) is 1.64. The van der Waals surface area contributed by atoms with Gasteiger partial charge in [0.15, 0.2) is 5.78 Å². The van der Waals surface area contributed by atoms with Crippen LogP contribution in [-0.4, -0.2) is 24.8 Å². The minimum atomic E-state index is 0.0162. The SMILES string of the molecule is CC(=O)C1=NCOC1. The molecule has 1 aliphatic rings. The fourth-order valence-electron chi connectivity index (χ4n) is 0.524. The standard InChI is InChI=1S/C5H7NO2/c1-4(7)5-2-8-3-6-5/h2-3H2,1H3. The molecule has 0 spiro atoms. The molecule has 1 aliphatic heterocycles. The van der Waals surface area contributed by atoms with E-state index in [1.807, 2.05) is 0 Å². The molecule has 0 atom stereocenters. The van der Waals surface area contributed by atoms with Gasteiger partial charge in [0.25, 0.3) is 0 Å². The van der Waals surface area contributed by atoms with Crippen LogP contribution in [0.1, 0.15) is 6.92 Å². The summed E-state index contributed by atoms with van der Waals surface area (Å²) in [5.41, 5.74) is 0.560. The monoisotopic (exact) mass is 113 g/mol. The van der Waals surface area contributed by atoms with Crippen molar-refractivity contribution in [2.24, 2.45) is 4.99 Å². The number of ether oxygens (including phenoxy) is 1. The van der Waals surface area contributed by atoms with Gasteiger partial charge in [0, 0.05) is 6.92 Å². The van der Waals surface area contributed by atoms with Crippen molar-refractivity contribution < 1.29 is 9.53 Å². The minimum absolute atomic E-state index is 0.0162. The zero-order valence-electron chi connectivity index (χ0n) is 4.68. The Balaban J connectivity index is 2.57. The van der Waals surface area contributed by atoms with E-state index in [-0.39, 0.29) is 5.78 Å². The van der Waals surface area contributed by atoms with Gasteiger partial charge < -0.3 is 4.74 Å². The topological polar surface area (TPSA) is 38.7 Å². The molecule has 0 N–H and O–H groups in total. The summed E-state index contributed by atoms with van der Waals surface area (Å²) in [6, 6.07) is 0. The van der Waals surface area contributed by atoms with Gasteiger partial charge in [-0.1, -0.05) is 0 Å². The molecule has 3 heteroatoms. The molecular weight excluding hydrogens is 106 g/mol. The van der Waals surface area contributed by atoms with Gasteiger partial charge in [-0.25, -0.2) is 0 Å². The van der Waals surface area contributed by atoms with Gasteiger partial charge >= 0.3 is 0 Å². The third-order valence-corrected chi connectivity index (χ3v) is 0.992. The van der Waals surface area contributed by atoms with Crippen molar-refractivity contribution in [1.29, 1.82) is 0 Å². The van der Waals surface area contributed by atoms with E-state index in [1.165, 1.54) is 6.92 Å². The zero-order valence-corrected chi connectivity index (χ0v) is 4.68. The van der Waals surface area contributed by atoms with Crippen molar-refractivity contribution in [2.75, 3.05) is 13.3 Å². The second kappa shape index (κ2) is 2.05. The molecule has 0 bridgehead atoms. The number of carbonyl (C=O) groups is 1. The van der Waals surface area contributed by atoms with E-state index in [9.17, 15) is 4.79 Å². The summed E-state index contributed by atoms with van der Waals surface area (Å²) in [5, 5.41) is 0.